The van der Waals surface area contributed by atoms with Crippen LogP contribution in [0.15, 0.2) is 18.3 Å². The lowest BCUT2D eigenvalue weighted by atomic mass is 10.2. The van der Waals surface area contributed by atoms with Gasteiger partial charge in [0.15, 0.2) is 0 Å². The molecule has 25 heavy (non-hydrogen) atoms. The average Bonchev–Trinajstić information content (AvgIpc) is 2.65. The maximum absolute atomic E-state index is 12.0. The molecule has 2 rings (SSSR count). The van der Waals surface area contributed by atoms with Crippen LogP contribution in [0.2, 0.25) is 0 Å². The number of carbonyl (C=O) groups is 2. The van der Waals surface area contributed by atoms with Gasteiger partial charge in [-0.05, 0) is 25.5 Å². The molecule has 0 spiro atoms. The van der Waals surface area contributed by atoms with Crippen molar-refractivity contribution in [2.24, 2.45) is 0 Å². The van der Waals surface area contributed by atoms with Gasteiger partial charge in [0.05, 0.1) is 18.5 Å². The minimum absolute atomic E-state index is 0.185. The van der Waals surface area contributed by atoms with Crippen molar-refractivity contribution in [1.29, 1.82) is 0 Å². The Balaban J connectivity index is 1.82. The molecule has 2 amide bonds. The normalized spacial score (nSPS) is 14.3. The first-order valence-electron chi connectivity index (χ1n) is 8.55. The van der Waals surface area contributed by atoms with Crippen molar-refractivity contribution in [3.63, 3.8) is 0 Å². The second kappa shape index (κ2) is 9.83. The van der Waals surface area contributed by atoms with Gasteiger partial charge in [0.25, 0.3) is 5.91 Å². The molecule has 1 fully saturated rings. The molecular weight excluding hydrogens is 324 g/mol. The fourth-order valence-corrected chi connectivity index (χ4v) is 2.58. The van der Waals surface area contributed by atoms with Crippen LogP contribution in [0.5, 0.6) is 0 Å². The van der Waals surface area contributed by atoms with Gasteiger partial charge in [0.2, 0.25) is 0 Å². The molecule has 1 aliphatic heterocycles. The first kappa shape index (κ1) is 19.0. The van der Waals surface area contributed by atoms with E-state index in [1.807, 2.05) is 6.07 Å². The summed E-state index contributed by atoms with van der Waals surface area (Å²) in [6.07, 6.45) is 2.20. The fraction of sp³-hybridized carbons (Fsp3) is 0.588. The number of rotatable bonds is 7. The van der Waals surface area contributed by atoms with Crippen LogP contribution in [0.25, 0.3) is 0 Å². The molecule has 8 heteroatoms. The van der Waals surface area contributed by atoms with Gasteiger partial charge in [-0.15, -0.1) is 0 Å². The highest BCUT2D eigenvalue weighted by Gasteiger charge is 2.22. The maximum Gasteiger partial charge on any atom is 0.409 e. The molecule has 138 valence electrons. The zero-order valence-corrected chi connectivity index (χ0v) is 14.9. The molecular formula is C17H26N4O4. The lowest BCUT2D eigenvalue weighted by molar-refractivity contribution is 0.0942. The number of nitrogens with zero attached hydrogens (tertiary/aromatic N) is 3. The van der Waals surface area contributed by atoms with Gasteiger partial charge in [-0.1, -0.05) is 0 Å². The van der Waals surface area contributed by atoms with E-state index in [9.17, 15) is 9.59 Å². The molecule has 0 aliphatic carbocycles. The Hall–Kier alpha value is -2.35. The zero-order chi connectivity index (χ0) is 18.1. The quantitative estimate of drug-likeness (QED) is 0.742. The van der Waals surface area contributed by atoms with Gasteiger partial charge in [-0.25, -0.2) is 9.78 Å². The number of piperazine rings is 1. The maximum atomic E-state index is 12.0. The Morgan fingerprint density at radius 3 is 2.60 bits per heavy atom. The van der Waals surface area contributed by atoms with Crippen LogP contribution in [-0.4, -0.2) is 74.9 Å². The Bertz CT molecular complexity index is 556. The number of hydrogen-bond donors (Lipinski definition) is 1. The van der Waals surface area contributed by atoms with E-state index in [-0.39, 0.29) is 12.0 Å². The molecule has 0 saturated carbocycles. The molecule has 2 heterocycles. The van der Waals surface area contributed by atoms with Crippen molar-refractivity contribution >= 4 is 17.7 Å². The molecule has 1 aromatic heterocycles. The Morgan fingerprint density at radius 1 is 1.24 bits per heavy atom. The third-order valence-electron chi connectivity index (χ3n) is 3.96. The average molecular weight is 350 g/mol. The third-order valence-corrected chi connectivity index (χ3v) is 3.96. The van der Waals surface area contributed by atoms with Gasteiger partial charge in [0.1, 0.15) is 5.69 Å². The van der Waals surface area contributed by atoms with E-state index >= 15 is 0 Å². The van der Waals surface area contributed by atoms with E-state index in [1.165, 1.54) is 0 Å². The number of methoxy groups -OCH3 is 1. The largest absolute Gasteiger partial charge is 0.450 e. The summed E-state index contributed by atoms with van der Waals surface area (Å²) >= 11 is 0. The van der Waals surface area contributed by atoms with Crippen molar-refractivity contribution < 1.29 is 19.1 Å². The van der Waals surface area contributed by atoms with Crippen molar-refractivity contribution in [1.82, 2.24) is 15.2 Å². The summed E-state index contributed by atoms with van der Waals surface area (Å²) in [5, 5.41) is 2.81. The van der Waals surface area contributed by atoms with Crippen LogP contribution >= 0.6 is 0 Å². The standard InChI is InChI=1S/C17H26N4O4/c1-3-25-17(23)21-10-8-20(9-11-21)14-5-6-15(19-13-14)16(22)18-7-4-12-24-2/h5-6,13H,3-4,7-12H2,1-2H3,(H,18,22). The van der Waals surface area contributed by atoms with Gasteiger partial charge >= 0.3 is 6.09 Å². The number of carbonyl (C=O) groups excluding carboxylic acids is 2. The summed E-state index contributed by atoms with van der Waals surface area (Å²) < 4.78 is 9.96. The Morgan fingerprint density at radius 2 is 2.00 bits per heavy atom. The highest BCUT2D eigenvalue weighted by Crippen LogP contribution is 2.16. The summed E-state index contributed by atoms with van der Waals surface area (Å²) in [6.45, 7) is 6.01. The van der Waals surface area contributed by atoms with Crippen LogP contribution in [-0.2, 0) is 9.47 Å². The molecule has 0 aromatic carbocycles. The number of hydrogen-bond acceptors (Lipinski definition) is 6. The minimum Gasteiger partial charge on any atom is -0.450 e. The topological polar surface area (TPSA) is 84.0 Å². The lowest BCUT2D eigenvalue weighted by Gasteiger charge is -2.35. The molecule has 1 aromatic rings. The number of aromatic nitrogens is 1. The molecule has 0 bridgehead atoms. The second-order valence-electron chi connectivity index (χ2n) is 5.68. The third kappa shape index (κ3) is 5.60. The van der Waals surface area contributed by atoms with Gasteiger partial charge in [0, 0.05) is 46.4 Å². The van der Waals surface area contributed by atoms with Gasteiger partial charge in [-0.2, -0.15) is 0 Å². The van der Waals surface area contributed by atoms with Crippen molar-refractivity contribution in [3.8, 4) is 0 Å². The highest BCUT2D eigenvalue weighted by atomic mass is 16.6. The van der Waals surface area contributed by atoms with E-state index in [0.717, 1.165) is 12.1 Å². The molecule has 0 atom stereocenters. The van der Waals surface area contributed by atoms with Crippen molar-refractivity contribution in [3.05, 3.63) is 24.0 Å². The predicted molar refractivity (Wildman–Crippen MR) is 93.9 cm³/mol. The van der Waals surface area contributed by atoms with Crippen LogP contribution in [0.3, 0.4) is 0 Å². The molecule has 8 nitrogen and oxygen atoms in total. The smallest absolute Gasteiger partial charge is 0.409 e. The minimum atomic E-state index is -0.263. The van der Waals surface area contributed by atoms with E-state index in [1.54, 1.807) is 31.2 Å². The van der Waals surface area contributed by atoms with Crippen molar-refractivity contribution in [2.45, 2.75) is 13.3 Å². The van der Waals surface area contributed by atoms with Gasteiger partial charge < -0.3 is 24.6 Å². The summed E-state index contributed by atoms with van der Waals surface area (Å²) in [5.74, 6) is -0.185. The second-order valence-corrected chi connectivity index (χ2v) is 5.68. The van der Waals surface area contributed by atoms with Crippen LogP contribution in [0.1, 0.15) is 23.8 Å². The Labute approximate surface area is 148 Å². The number of anilines is 1. The van der Waals surface area contributed by atoms with Crippen LogP contribution < -0.4 is 10.2 Å². The highest BCUT2D eigenvalue weighted by molar-refractivity contribution is 5.92. The number of ether oxygens (including phenoxy) is 2. The van der Waals surface area contributed by atoms with E-state index in [4.69, 9.17) is 9.47 Å². The number of pyridine rings is 1. The molecule has 0 unspecified atom stereocenters. The summed E-state index contributed by atoms with van der Waals surface area (Å²) in [6, 6.07) is 3.61. The lowest BCUT2D eigenvalue weighted by Crippen LogP contribution is -2.49. The first-order chi connectivity index (χ1) is 12.2. The number of amides is 2. The Kier molecular flexibility index (Phi) is 7.46. The van der Waals surface area contributed by atoms with Crippen LogP contribution in [0, 0.1) is 0 Å². The SMILES string of the molecule is CCOC(=O)N1CCN(c2ccc(C(=O)NCCCOC)nc2)CC1. The summed E-state index contributed by atoms with van der Waals surface area (Å²) in [7, 11) is 1.63. The van der Waals surface area contributed by atoms with Crippen LogP contribution in [0.4, 0.5) is 10.5 Å². The first-order valence-corrected chi connectivity index (χ1v) is 8.55. The summed E-state index contributed by atoms with van der Waals surface area (Å²) in [5.41, 5.74) is 1.34. The number of nitrogens with one attached hydrogen (secondary N) is 1. The predicted octanol–water partition coefficient (Wildman–Crippen LogP) is 1.13. The molecule has 0 radical (unpaired) electrons. The molecule has 1 N–H and O–H groups in total. The van der Waals surface area contributed by atoms with Crippen molar-refractivity contribution in [2.75, 3.05) is 57.9 Å². The molecule has 1 aliphatic rings. The monoisotopic (exact) mass is 350 g/mol. The fourth-order valence-electron chi connectivity index (χ4n) is 2.58. The zero-order valence-electron chi connectivity index (χ0n) is 14.9. The summed E-state index contributed by atoms with van der Waals surface area (Å²) in [4.78, 5) is 31.8. The molecule has 1 saturated heterocycles. The van der Waals surface area contributed by atoms with E-state index in [2.05, 4.69) is 15.2 Å². The van der Waals surface area contributed by atoms with E-state index in [0.29, 0.717) is 51.6 Å². The van der Waals surface area contributed by atoms with E-state index < -0.39 is 0 Å². The van der Waals surface area contributed by atoms with Gasteiger partial charge in [-0.3, -0.25) is 4.79 Å².